The van der Waals surface area contributed by atoms with Crippen LogP contribution in [0.2, 0.25) is 0 Å². The van der Waals surface area contributed by atoms with Crippen molar-refractivity contribution in [2.24, 2.45) is 0 Å². The second-order valence-corrected chi connectivity index (χ2v) is 4.55. The second kappa shape index (κ2) is 6.57. The molecule has 0 fully saturated rings. The molecule has 2 nitrogen and oxygen atoms in total. The first-order valence-corrected chi connectivity index (χ1v) is 6.96. The summed E-state index contributed by atoms with van der Waals surface area (Å²) in [7, 11) is 1.62. The van der Waals surface area contributed by atoms with Gasteiger partial charge in [-0.25, -0.2) is 4.39 Å². The highest BCUT2D eigenvalue weighted by atomic mass is 79.9. The Morgan fingerprint density at radius 1 is 1.11 bits per heavy atom. The fraction of sp³-hybridized carbons (Fsp3) is 0.200. The second-order valence-electron chi connectivity index (χ2n) is 3.99. The third-order valence-corrected chi connectivity index (χ3v) is 3.36. The van der Waals surface area contributed by atoms with Crippen LogP contribution in [0.5, 0.6) is 11.5 Å². The monoisotopic (exact) mass is 324 g/mol. The van der Waals surface area contributed by atoms with Crippen molar-refractivity contribution in [3.8, 4) is 11.5 Å². The maximum atomic E-state index is 13.5. The zero-order valence-electron chi connectivity index (χ0n) is 10.5. The number of benzene rings is 2. The smallest absolute Gasteiger partial charge is 0.129 e. The van der Waals surface area contributed by atoms with Gasteiger partial charge in [0.1, 0.15) is 23.9 Å². The normalized spacial score (nSPS) is 10.3. The van der Waals surface area contributed by atoms with E-state index in [9.17, 15) is 4.39 Å². The molecule has 0 saturated heterocycles. The van der Waals surface area contributed by atoms with E-state index in [-0.39, 0.29) is 12.4 Å². The highest BCUT2D eigenvalue weighted by molar-refractivity contribution is 9.08. The molecule has 0 unspecified atom stereocenters. The summed E-state index contributed by atoms with van der Waals surface area (Å²) >= 11 is 3.40. The molecule has 0 heterocycles. The Labute approximate surface area is 120 Å². The Balaban J connectivity index is 2.13. The van der Waals surface area contributed by atoms with Crippen molar-refractivity contribution in [2.45, 2.75) is 11.9 Å². The number of ether oxygens (including phenoxy) is 2. The first-order valence-electron chi connectivity index (χ1n) is 5.83. The minimum absolute atomic E-state index is 0.207. The van der Waals surface area contributed by atoms with Crippen LogP contribution in [0.4, 0.5) is 4.39 Å². The molecule has 2 aromatic carbocycles. The van der Waals surface area contributed by atoms with Crippen molar-refractivity contribution >= 4 is 15.9 Å². The lowest BCUT2D eigenvalue weighted by Crippen LogP contribution is -2.00. The standard InChI is InChI=1S/C15H14BrFO2/c1-18-13-6-7-15(12(8-13)9-16)19-10-11-4-2-3-5-14(11)17/h2-8H,9-10H2,1H3. The Bertz CT molecular complexity index is 558. The third kappa shape index (κ3) is 3.47. The zero-order chi connectivity index (χ0) is 13.7. The number of rotatable bonds is 5. The summed E-state index contributed by atoms with van der Waals surface area (Å²) in [5.74, 6) is 1.24. The molecule has 0 saturated carbocycles. The largest absolute Gasteiger partial charge is 0.497 e. The Morgan fingerprint density at radius 3 is 2.58 bits per heavy atom. The van der Waals surface area contributed by atoms with E-state index in [1.54, 1.807) is 25.3 Å². The summed E-state index contributed by atoms with van der Waals surface area (Å²) < 4.78 is 24.3. The van der Waals surface area contributed by atoms with Gasteiger partial charge in [0.05, 0.1) is 7.11 Å². The van der Waals surface area contributed by atoms with Gasteiger partial charge >= 0.3 is 0 Å². The fourth-order valence-electron chi connectivity index (χ4n) is 1.70. The van der Waals surface area contributed by atoms with Crippen molar-refractivity contribution < 1.29 is 13.9 Å². The molecule has 0 radical (unpaired) electrons. The Kier molecular flexibility index (Phi) is 4.80. The van der Waals surface area contributed by atoms with Crippen molar-refractivity contribution in [3.63, 3.8) is 0 Å². The zero-order valence-corrected chi connectivity index (χ0v) is 12.1. The summed E-state index contributed by atoms with van der Waals surface area (Å²) in [6.45, 7) is 0.207. The topological polar surface area (TPSA) is 18.5 Å². The first kappa shape index (κ1) is 13.9. The molecule has 0 aliphatic heterocycles. The lowest BCUT2D eigenvalue weighted by molar-refractivity contribution is 0.297. The van der Waals surface area contributed by atoms with E-state index in [4.69, 9.17) is 9.47 Å². The van der Waals surface area contributed by atoms with E-state index in [1.165, 1.54) is 6.07 Å². The van der Waals surface area contributed by atoms with Crippen LogP contribution < -0.4 is 9.47 Å². The van der Waals surface area contributed by atoms with Crippen LogP contribution >= 0.6 is 15.9 Å². The molecule has 2 rings (SSSR count). The Hall–Kier alpha value is -1.55. The molecular weight excluding hydrogens is 311 g/mol. The maximum Gasteiger partial charge on any atom is 0.129 e. The summed E-state index contributed by atoms with van der Waals surface area (Å²) in [6, 6.07) is 12.1. The van der Waals surface area contributed by atoms with Gasteiger partial charge in [0.25, 0.3) is 0 Å². The number of halogens is 2. The molecule has 4 heteroatoms. The lowest BCUT2D eigenvalue weighted by Gasteiger charge is -2.12. The quantitative estimate of drug-likeness (QED) is 0.763. The third-order valence-electron chi connectivity index (χ3n) is 2.75. The van der Waals surface area contributed by atoms with Crippen molar-refractivity contribution in [1.29, 1.82) is 0 Å². The van der Waals surface area contributed by atoms with Crippen LogP contribution in [-0.4, -0.2) is 7.11 Å². The van der Waals surface area contributed by atoms with Crippen LogP contribution in [0.3, 0.4) is 0 Å². The predicted molar refractivity (Wildman–Crippen MR) is 76.4 cm³/mol. The van der Waals surface area contributed by atoms with Crippen LogP contribution in [-0.2, 0) is 11.9 Å². The molecule has 0 N–H and O–H groups in total. The van der Waals surface area contributed by atoms with E-state index in [0.717, 1.165) is 17.1 Å². The van der Waals surface area contributed by atoms with Crippen LogP contribution in [0.1, 0.15) is 11.1 Å². The minimum Gasteiger partial charge on any atom is -0.497 e. The Morgan fingerprint density at radius 2 is 1.89 bits per heavy atom. The molecule has 0 spiro atoms. The lowest BCUT2D eigenvalue weighted by atomic mass is 10.2. The van der Waals surface area contributed by atoms with Gasteiger partial charge in [0.15, 0.2) is 0 Å². The van der Waals surface area contributed by atoms with Crippen LogP contribution in [0.15, 0.2) is 42.5 Å². The highest BCUT2D eigenvalue weighted by Gasteiger charge is 2.07. The van der Waals surface area contributed by atoms with Gasteiger partial charge in [-0.3, -0.25) is 0 Å². The predicted octanol–water partition coefficient (Wildman–Crippen LogP) is 4.31. The summed E-state index contributed by atoms with van der Waals surface area (Å²) in [4.78, 5) is 0. The number of hydrogen-bond donors (Lipinski definition) is 0. The number of hydrogen-bond acceptors (Lipinski definition) is 2. The molecule has 0 aliphatic carbocycles. The van der Waals surface area contributed by atoms with E-state index in [2.05, 4.69) is 15.9 Å². The number of alkyl halides is 1. The maximum absolute atomic E-state index is 13.5. The average Bonchev–Trinajstić information content (AvgIpc) is 2.46. The van der Waals surface area contributed by atoms with Gasteiger partial charge < -0.3 is 9.47 Å². The molecule has 0 aliphatic rings. The molecule has 0 aromatic heterocycles. The van der Waals surface area contributed by atoms with E-state index in [0.29, 0.717) is 10.9 Å². The number of methoxy groups -OCH3 is 1. The van der Waals surface area contributed by atoms with Crippen LogP contribution in [0, 0.1) is 5.82 Å². The van der Waals surface area contributed by atoms with Gasteiger partial charge in [0, 0.05) is 16.5 Å². The van der Waals surface area contributed by atoms with E-state index < -0.39 is 0 Å². The average molecular weight is 325 g/mol. The summed E-state index contributed by atoms with van der Waals surface area (Å²) in [6.07, 6.45) is 0. The molecular formula is C15H14BrFO2. The highest BCUT2D eigenvalue weighted by Crippen LogP contribution is 2.27. The summed E-state index contributed by atoms with van der Waals surface area (Å²) in [5.41, 5.74) is 1.51. The van der Waals surface area contributed by atoms with Gasteiger partial charge in [-0.05, 0) is 24.3 Å². The first-order chi connectivity index (χ1) is 9.24. The molecule has 100 valence electrons. The van der Waals surface area contributed by atoms with E-state index >= 15 is 0 Å². The van der Waals surface area contributed by atoms with Gasteiger partial charge in [-0.15, -0.1) is 0 Å². The molecule has 2 aromatic rings. The van der Waals surface area contributed by atoms with E-state index in [1.807, 2.05) is 18.2 Å². The van der Waals surface area contributed by atoms with Crippen LogP contribution in [0.25, 0.3) is 0 Å². The van der Waals surface area contributed by atoms with Crippen molar-refractivity contribution in [3.05, 3.63) is 59.4 Å². The van der Waals surface area contributed by atoms with Gasteiger partial charge in [0.2, 0.25) is 0 Å². The van der Waals surface area contributed by atoms with Gasteiger partial charge in [-0.1, -0.05) is 34.1 Å². The molecule has 0 atom stereocenters. The molecule has 0 amide bonds. The fourth-order valence-corrected chi connectivity index (χ4v) is 2.14. The van der Waals surface area contributed by atoms with Crippen molar-refractivity contribution in [2.75, 3.05) is 7.11 Å². The van der Waals surface area contributed by atoms with Crippen molar-refractivity contribution in [1.82, 2.24) is 0 Å². The molecule has 0 bridgehead atoms. The van der Waals surface area contributed by atoms with Gasteiger partial charge in [-0.2, -0.15) is 0 Å². The minimum atomic E-state index is -0.253. The SMILES string of the molecule is COc1ccc(OCc2ccccc2F)c(CBr)c1. The molecule has 19 heavy (non-hydrogen) atoms. The summed E-state index contributed by atoms with van der Waals surface area (Å²) in [5, 5.41) is 0.650.